The van der Waals surface area contributed by atoms with Crippen LogP contribution in [0.25, 0.3) is 0 Å². The molecule has 0 fully saturated rings. The fourth-order valence-electron chi connectivity index (χ4n) is 4.47. The Morgan fingerprint density at radius 2 is 0.722 bits per heavy atom. The number of nitrogens with one attached hydrogen (secondary N) is 2. The van der Waals surface area contributed by atoms with Gasteiger partial charge < -0.3 is 10.6 Å². The molecule has 0 atom stereocenters. The fraction of sp³-hybridized carbons (Fsp3) is 0.250. The lowest BCUT2D eigenvalue weighted by atomic mass is 10.1. The highest BCUT2D eigenvalue weighted by Gasteiger charge is 2.02. The number of benzene rings is 4. The zero-order valence-corrected chi connectivity index (χ0v) is 23.4. The lowest BCUT2D eigenvalue weighted by Crippen LogP contribution is -2.12. The van der Waals surface area contributed by atoms with Crippen LogP contribution in [0.15, 0.2) is 94.7 Å². The van der Waals surface area contributed by atoms with E-state index in [1.165, 1.54) is 54.3 Å². The highest BCUT2D eigenvalue weighted by Crippen LogP contribution is 2.37. The number of hydrogen-bond donors (Lipinski definition) is 2. The van der Waals surface area contributed by atoms with Crippen LogP contribution >= 0.6 is 21.6 Å². The van der Waals surface area contributed by atoms with Gasteiger partial charge in [0, 0.05) is 36.0 Å². The van der Waals surface area contributed by atoms with Crippen LogP contribution in [0.3, 0.4) is 0 Å². The first-order valence-electron chi connectivity index (χ1n) is 12.5. The maximum Gasteiger partial charge on any atom is 0.0208 e. The molecule has 0 amide bonds. The minimum atomic E-state index is 0.879. The van der Waals surface area contributed by atoms with Gasteiger partial charge in [-0.1, -0.05) is 105 Å². The molecule has 0 aromatic heterocycles. The zero-order chi connectivity index (χ0) is 25.3. The molecule has 0 radical (unpaired) electrons. The van der Waals surface area contributed by atoms with Crippen LogP contribution in [0, 0.1) is 27.7 Å². The smallest absolute Gasteiger partial charge is 0.0208 e. The topological polar surface area (TPSA) is 24.1 Å². The van der Waals surface area contributed by atoms with Gasteiger partial charge in [0.15, 0.2) is 0 Å². The van der Waals surface area contributed by atoms with Gasteiger partial charge in [0.1, 0.15) is 0 Å². The van der Waals surface area contributed by atoms with Crippen LogP contribution in [-0.2, 0) is 26.2 Å². The van der Waals surface area contributed by atoms with E-state index < -0.39 is 0 Å². The van der Waals surface area contributed by atoms with Crippen LogP contribution in [0.5, 0.6) is 0 Å². The normalized spacial score (nSPS) is 11.1. The maximum atomic E-state index is 3.57. The summed E-state index contributed by atoms with van der Waals surface area (Å²) in [5, 5.41) is 7.13. The molecule has 36 heavy (non-hydrogen) atoms. The van der Waals surface area contributed by atoms with Crippen molar-refractivity contribution < 1.29 is 0 Å². The second-order valence-corrected chi connectivity index (χ2v) is 11.9. The summed E-state index contributed by atoms with van der Waals surface area (Å²) in [6.45, 7) is 12.2. The van der Waals surface area contributed by atoms with Gasteiger partial charge in [0.2, 0.25) is 0 Å². The summed E-state index contributed by atoms with van der Waals surface area (Å²) in [5.74, 6) is 0. The molecule has 2 N–H and O–H groups in total. The lowest BCUT2D eigenvalue weighted by molar-refractivity contribution is 0.692. The van der Waals surface area contributed by atoms with Gasteiger partial charge >= 0.3 is 0 Å². The predicted octanol–water partition coefficient (Wildman–Crippen LogP) is 8.30. The molecule has 4 heteroatoms. The van der Waals surface area contributed by atoms with Gasteiger partial charge in [-0.2, -0.15) is 0 Å². The van der Waals surface area contributed by atoms with E-state index in [2.05, 4.69) is 123 Å². The third-order valence-electron chi connectivity index (χ3n) is 5.96. The van der Waals surface area contributed by atoms with E-state index in [-0.39, 0.29) is 0 Å². The molecule has 4 aromatic carbocycles. The van der Waals surface area contributed by atoms with Crippen LogP contribution < -0.4 is 10.6 Å². The van der Waals surface area contributed by atoms with Crippen LogP contribution in [0.1, 0.15) is 44.5 Å². The second-order valence-electron chi connectivity index (χ2n) is 9.65. The summed E-state index contributed by atoms with van der Waals surface area (Å²) in [4.78, 5) is 2.55. The minimum Gasteiger partial charge on any atom is -0.309 e. The number of rotatable bonds is 11. The van der Waals surface area contributed by atoms with E-state index in [9.17, 15) is 0 Å². The summed E-state index contributed by atoms with van der Waals surface area (Å²) in [6, 6.07) is 31.2. The van der Waals surface area contributed by atoms with Gasteiger partial charge in [-0.05, 0) is 74.2 Å². The number of aryl methyl sites for hydroxylation is 4. The SMILES string of the molecule is Cc1cc(C)cc(CNCc2ccc(SSc3ccc(CNCc4cc(C)cc(C)c4)cc3)cc2)c1. The molecular weight excluding hydrogens is 477 g/mol. The summed E-state index contributed by atoms with van der Waals surface area (Å²) >= 11 is 0. The molecule has 0 bridgehead atoms. The fourth-order valence-corrected chi connectivity index (χ4v) is 6.40. The Morgan fingerprint density at radius 1 is 0.417 bits per heavy atom. The van der Waals surface area contributed by atoms with Gasteiger partial charge in [-0.25, -0.2) is 0 Å². The molecule has 4 aromatic rings. The Balaban J connectivity index is 1.18. The van der Waals surface area contributed by atoms with Gasteiger partial charge in [-0.3, -0.25) is 0 Å². The van der Waals surface area contributed by atoms with Crippen molar-refractivity contribution in [2.24, 2.45) is 0 Å². The molecule has 0 aliphatic rings. The molecule has 4 rings (SSSR count). The van der Waals surface area contributed by atoms with Gasteiger partial charge in [-0.15, -0.1) is 0 Å². The first kappa shape index (κ1) is 26.6. The van der Waals surface area contributed by atoms with Crippen molar-refractivity contribution in [3.63, 3.8) is 0 Å². The molecule has 0 heterocycles. The van der Waals surface area contributed by atoms with Crippen molar-refractivity contribution >= 4 is 21.6 Å². The van der Waals surface area contributed by atoms with Crippen molar-refractivity contribution in [2.75, 3.05) is 0 Å². The van der Waals surface area contributed by atoms with Crippen molar-refractivity contribution in [3.8, 4) is 0 Å². The predicted molar refractivity (Wildman–Crippen MR) is 158 cm³/mol. The molecule has 0 aliphatic carbocycles. The molecule has 0 unspecified atom stereocenters. The minimum absolute atomic E-state index is 0.879. The maximum absolute atomic E-state index is 3.57. The average molecular weight is 513 g/mol. The highest BCUT2D eigenvalue weighted by atomic mass is 33.1. The molecule has 0 saturated carbocycles. The van der Waals surface area contributed by atoms with Crippen LogP contribution in [0.2, 0.25) is 0 Å². The van der Waals surface area contributed by atoms with Crippen molar-refractivity contribution in [1.82, 2.24) is 10.6 Å². The highest BCUT2D eigenvalue weighted by molar-refractivity contribution is 8.76. The molecule has 0 saturated heterocycles. The van der Waals surface area contributed by atoms with E-state index in [0.29, 0.717) is 0 Å². The Hall–Kier alpha value is -2.50. The van der Waals surface area contributed by atoms with E-state index in [4.69, 9.17) is 0 Å². The summed E-state index contributed by atoms with van der Waals surface area (Å²) in [5.41, 5.74) is 10.6. The second kappa shape index (κ2) is 13.2. The Labute approximate surface area is 224 Å². The third-order valence-corrected chi connectivity index (χ3v) is 8.38. The first-order chi connectivity index (χ1) is 17.4. The largest absolute Gasteiger partial charge is 0.309 e. The van der Waals surface area contributed by atoms with Crippen LogP contribution in [0.4, 0.5) is 0 Å². The monoisotopic (exact) mass is 512 g/mol. The Bertz CT molecular complexity index is 1120. The summed E-state index contributed by atoms with van der Waals surface area (Å²) < 4.78 is 0. The van der Waals surface area contributed by atoms with E-state index in [1.54, 1.807) is 0 Å². The quantitative estimate of drug-likeness (QED) is 0.197. The molecule has 0 spiro atoms. The molecular formula is C32H36N2S2. The third kappa shape index (κ3) is 8.56. The first-order valence-corrected chi connectivity index (χ1v) is 14.7. The van der Waals surface area contributed by atoms with E-state index >= 15 is 0 Å². The van der Waals surface area contributed by atoms with Gasteiger partial charge in [0.25, 0.3) is 0 Å². The number of hydrogen-bond acceptors (Lipinski definition) is 4. The zero-order valence-electron chi connectivity index (χ0n) is 21.7. The molecule has 0 aliphatic heterocycles. The van der Waals surface area contributed by atoms with Crippen LogP contribution in [-0.4, -0.2) is 0 Å². The van der Waals surface area contributed by atoms with Crippen molar-refractivity contribution in [1.29, 1.82) is 0 Å². The summed E-state index contributed by atoms with van der Waals surface area (Å²) in [6.07, 6.45) is 0. The van der Waals surface area contributed by atoms with E-state index in [0.717, 1.165) is 26.2 Å². The summed E-state index contributed by atoms with van der Waals surface area (Å²) in [7, 11) is 3.62. The standard InChI is InChI=1S/C32H36N2S2/c1-23-13-24(2)16-29(15-23)21-33-19-27-5-9-31(10-6-27)35-36-32-11-7-28(8-12-32)20-34-22-30-17-25(3)14-26(4)18-30/h5-18,33-34H,19-22H2,1-4H3. The molecule has 186 valence electrons. The Morgan fingerprint density at radius 3 is 1.06 bits per heavy atom. The van der Waals surface area contributed by atoms with Crippen molar-refractivity contribution in [2.45, 2.75) is 63.7 Å². The average Bonchev–Trinajstić information content (AvgIpc) is 2.83. The van der Waals surface area contributed by atoms with E-state index in [1.807, 2.05) is 21.6 Å². The molecule has 2 nitrogen and oxygen atoms in total. The lowest BCUT2D eigenvalue weighted by Gasteiger charge is -2.09. The Kier molecular flexibility index (Phi) is 9.71. The van der Waals surface area contributed by atoms with Crippen molar-refractivity contribution in [3.05, 3.63) is 129 Å². The van der Waals surface area contributed by atoms with Gasteiger partial charge in [0.05, 0.1) is 0 Å².